The van der Waals surface area contributed by atoms with Crippen LogP contribution in [0.4, 0.5) is 0 Å². The normalized spacial score (nSPS) is 9.73. The Bertz CT molecular complexity index is 303. The van der Waals surface area contributed by atoms with E-state index >= 15 is 0 Å². The number of hydrogen-bond donors (Lipinski definition) is 0. The van der Waals surface area contributed by atoms with Crippen LogP contribution in [0.1, 0.15) is 0 Å². The van der Waals surface area contributed by atoms with Crippen LogP contribution < -0.4 is 11.0 Å². The molecule has 0 aliphatic heterocycles. The van der Waals surface area contributed by atoms with Crippen LogP contribution in [0.15, 0.2) is 23.1 Å². The fourth-order valence-electron chi connectivity index (χ4n) is 0.957. The minimum atomic E-state index is 0.0504. The second-order valence-electron chi connectivity index (χ2n) is 3.07. The van der Waals surface area contributed by atoms with Crippen molar-refractivity contribution in [1.29, 1.82) is 0 Å². The molecule has 0 fully saturated rings. The third kappa shape index (κ3) is 1.73. The van der Waals surface area contributed by atoms with Gasteiger partial charge in [0.2, 0.25) is 5.56 Å². The Morgan fingerprint density at radius 1 is 1.36 bits per heavy atom. The monoisotopic (exact) mass is 149 g/mol. The first kappa shape index (κ1) is 8.11. The van der Waals surface area contributed by atoms with Crippen LogP contribution in [0.5, 0.6) is 0 Å². The standard InChI is InChI=1S/C8H12BNO/c1-9(2)7-4-5-8(11)10(3)6-7/h4-6H,1-3H3. The maximum absolute atomic E-state index is 11.0. The van der Waals surface area contributed by atoms with Gasteiger partial charge in [-0.2, -0.15) is 0 Å². The molecule has 1 rings (SSSR count). The summed E-state index contributed by atoms with van der Waals surface area (Å²) in [7, 11) is 1.77. The minimum absolute atomic E-state index is 0.0504. The van der Waals surface area contributed by atoms with Crippen LogP contribution in [0.3, 0.4) is 0 Å². The fraction of sp³-hybridized carbons (Fsp3) is 0.375. The van der Waals surface area contributed by atoms with Crippen LogP contribution in [0.2, 0.25) is 13.6 Å². The van der Waals surface area contributed by atoms with Crippen LogP contribution in [0, 0.1) is 0 Å². The molecule has 11 heavy (non-hydrogen) atoms. The Balaban J connectivity index is 3.15. The summed E-state index contributed by atoms with van der Waals surface area (Å²) in [6, 6.07) is 3.49. The van der Waals surface area contributed by atoms with E-state index < -0.39 is 0 Å². The summed E-state index contributed by atoms with van der Waals surface area (Å²) in [5, 5.41) is 0. The minimum Gasteiger partial charge on any atom is -0.319 e. The van der Waals surface area contributed by atoms with Gasteiger partial charge in [0.1, 0.15) is 0 Å². The van der Waals surface area contributed by atoms with Gasteiger partial charge in [-0.1, -0.05) is 25.2 Å². The van der Waals surface area contributed by atoms with Crippen molar-refractivity contribution < 1.29 is 0 Å². The zero-order chi connectivity index (χ0) is 8.43. The van der Waals surface area contributed by atoms with Crippen molar-refractivity contribution in [3.05, 3.63) is 28.7 Å². The number of nitrogens with zero attached hydrogens (tertiary/aromatic N) is 1. The molecule has 0 aliphatic carbocycles. The predicted molar refractivity (Wildman–Crippen MR) is 48.8 cm³/mol. The summed E-state index contributed by atoms with van der Waals surface area (Å²) >= 11 is 0. The van der Waals surface area contributed by atoms with Crippen molar-refractivity contribution in [3.63, 3.8) is 0 Å². The number of pyridine rings is 1. The topological polar surface area (TPSA) is 22.0 Å². The van der Waals surface area contributed by atoms with Crippen molar-refractivity contribution in [2.24, 2.45) is 7.05 Å². The Kier molecular flexibility index (Phi) is 2.18. The van der Waals surface area contributed by atoms with E-state index in [1.165, 1.54) is 5.46 Å². The summed E-state index contributed by atoms with van der Waals surface area (Å²) in [4.78, 5) is 11.0. The van der Waals surface area contributed by atoms with E-state index in [0.717, 1.165) is 0 Å². The molecule has 1 aromatic rings. The summed E-state index contributed by atoms with van der Waals surface area (Å²) in [5.74, 6) is 0. The summed E-state index contributed by atoms with van der Waals surface area (Å²) in [6.45, 7) is 4.71. The van der Waals surface area contributed by atoms with E-state index in [1.807, 2.05) is 12.3 Å². The van der Waals surface area contributed by atoms with E-state index in [2.05, 4.69) is 13.6 Å². The van der Waals surface area contributed by atoms with E-state index in [1.54, 1.807) is 17.7 Å². The highest BCUT2D eigenvalue weighted by Crippen LogP contribution is 1.82. The van der Waals surface area contributed by atoms with Gasteiger partial charge in [-0.05, 0) is 0 Å². The number of aryl methyl sites for hydroxylation is 1. The molecule has 0 aromatic carbocycles. The Labute approximate surface area is 66.9 Å². The van der Waals surface area contributed by atoms with Crippen molar-refractivity contribution in [1.82, 2.24) is 4.57 Å². The lowest BCUT2D eigenvalue weighted by molar-refractivity contribution is 0.865. The van der Waals surface area contributed by atoms with E-state index in [0.29, 0.717) is 6.71 Å². The Morgan fingerprint density at radius 3 is 2.45 bits per heavy atom. The van der Waals surface area contributed by atoms with Gasteiger partial charge in [0.25, 0.3) is 0 Å². The molecule has 0 bridgehead atoms. The second kappa shape index (κ2) is 2.95. The second-order valence-corrected chi connectivity index (χ2v) is 3.07. The highest BCUT2D eigenvalue weighted by molar-refractivity contribution is 6.70. The van der Waals surface area contributed by atoms with E-state index in [4.69, 9.17) is 0 Å². The molecule has 3 heteroatoms. The van der Waals surface area contributed by atoms with Gasteiger partial charge in [-0.25, -0.2) is 0 Å². The number of aromatic nitrogens is 1. The van der Waals surface area contributed by atoms with Gasteiger partial charge in [0.05, 0.1) is 0 Å². The molecule has 0 aliphatic rings. The van der Waals surface area contributed by atoms with Crippen molar-refractivity contribution >= 4 is 12.2 Å². The molecule has 0 atom stereocenters. The lowest BCUT2D eigenvalue weighted by Crippen LogP contribution is -2.28. The van der Waals surface area contributed by atoms with E-state index in [9.17, 15) is 4.79 Å². The summed E-state index contributed by atoms with van der Waals surface area (Å²) in [6.07, 6.45) is 1.88. The molecule has 0 saturated carbocycles. The average Bonchev–Trinajstić information content (AvgIpc) is 1.94. The molecule has 0 saturated heterocycles. The molecule has 0 spiro atoms. The zero-order valence-electron chi connectivity index (χ0n) is 7.16. The number of rotatable bonds is 1. The molecule has 2 nitrogen and oxygen atoms in total. The molecule has 0 unspecified atom stereocenters. The SMILES string of the molecule is CB(C)c1ccc(=O)n(C)c1. The highest BCUT2D eigenvalue weighted by atomic mass is 16.1. The number of hydrogen-bond acceptors (Lipinski definition) is 1. The van der Waals surface area contributed by atoms with Crippen LogP contribution in [-0.4, -0.2) is 11.3 Å². The highest BCUT2D eigenvalue weighted by Gasteiger charge is 2.02. The van der Waals surface area contributed by atoms with Gasteiger partial charge < -0.3 is 4.57 Å². The quantitative estimate of drug-likeness (QED) is 0.528. The van der Waals surface area contributed by atoms with Gasteiger partial charge in [0, 0.05) is 19.3 Å². The molecular formula is C8H12BNO. The summed E-state index contributed by atoms with van der Waals surface area (Å²) < 4.78 is 1.61. The van der Waals surface area contributed by atoms with Gasteiger partial charge in [0.15, 0.2) is 6.71 Å². The lowest BCUT2D eigenvalue weighted by atomic mass is 9.50. The molecule has 58 valence electrons. The van der Waals surface area contributed by atoms with Gasteiger partial charge >= 0.3 is 0 Å². The molecule has 0 radical (unpaired) electrons. The van der Waals surface area contributed by atoms with Crippen molar-refractivity contribution in [2.75, 3.05) is 0 Å². The largest absolute Gasteiger partial charge is 0.319 e. The Morgan fingerprint density at radius 2 is 2.00 bits per heavy atom. The fourth-order valence-corrected chi connectivity index (χ4v) is 0.957. The average molecular weight is 149 g/mol. The maximum atomic E-state index is 11.0. The first-order valence-electron chi connectivity index (χ1n) is 3.78. The van der Waals surface area contributed by atoms with Crippen LogP contribution in [-0.2, 0) is 7.05 Å². The predicted octanol–water partition coefficient (Wildman–Crippen LogP) is 0.347. The van der Waals surface area contributed by atoms with Gasteiger partial charge in [-0.3, -0.25) is 4.79 Å². The van der Waals surface area contributed by atoms with Crippen LogP contribution >= 0.6 is 0 Å². The lowest BCUT2D eigenvalue weighted by Gasteiger charge is -2.03. The third-order valence-electron chi connectivity index (χ3n) is 1.78. The third-order valence-corrected chi connectivity index (χ3v) is 1.78. The van der Waals surface area contributed by atoms with Gasteiger partial charge in [-0.15, -0.1) is 0 Å². The molecule has 0 N–H and O–H groups in total. The Hall–Kier alpha value is -0.985. The first-order chi connectivity index (χ1) is 5.11. The molecule has 0 amide bonds. The molecule has 1 aromatic heterocycles. The van der Waals surface area contributed by atoms with Crippen molar-refractivity contribution in [2.45, 2.75) is 13.6 Å². The maximum Gasteiger partial charge on any atom is 0.250 e. The first-order valence-corrected chi connectivity index (χ1v) is 3.78. The smallest absolute Gasteiger partial charge is 0.250 e. The zero-order valence-corrected chi connectivity index (χ0v) is 7.16. The van der Waals surface area contributed by atoms with Crippen LogP contribution in [0.25, 0.3) is 0 Å². The van der Waals surface area contributed by atoms with Crippen molar-refractivity contribution in [3.8, 4) is 0 Å². The molecular weight excluding hydrogens is 137 g/mol. The summed E-state index contributed by atoms with van der Waals surface area (Å²) in [5.41, 5.74) is 1.25. The van der Waals surface area contributed by atoms with E-state index in [-0.39, 0.29) is 5.56 Å². The molecule has 1 heterocycles.